The Labute approximate surface area is 121 Å². The van der Waals surface area contributed by atoms with Gasteiger partial charge in [0.2, 0.25) is 0 Å². The van der Waals surface area contributed by atoms with Gasteiger partial charge in [-0.15, -0.1) is 0 Å². The molecule has 0 saturated carbocycles. The fraction of sp³-hybridized carbons (Fsp3) is 0.188. The Bertz CT molecular complexity index is 549. The van der Waals surface area contributed by atoms with Crippen LogP contribution < -0.4 is 0 Å². The number of hydrogen-bond donors (Lipinski definition) is 1. The summed E-state index contributed by atoms with van der Waals surface area (Å²) in [6, 6.07) is 17.2. The highest BCUT2D eigenvalue weighted by molar-refractivity contribution is 9.10. The van der Waals surface area contributed by atoms with E-state index in [-0.39, 0.29) is 5.92 Å². The average Bonchev–Trinajstić information content (AvgIpc) is 2.42. The quantitative estimate of drug-likeness (QED) is 0.906. The Hall–Kier alpha value is -1.61. The van der Waals surface area contributed by atoms with Gasteiger partial charge in [-0.1, -0.05) is 65.3 Å². The normalized spacial score (nSPS) is 13.8. The molecule has 0 aliphatic carbocycles. The lowest BCUT2D eigenvalue weighted by Crippen LogP contribution is -2.18. The van der Waals surface area contributed by atoms with Gasteiger partial charge in [0.1, 0.15) is 0 Å². The summed E-state index contributed by atoms with van der Waals surface area (Å²) in [4.78, 5) is 11.6. The molecule has 0 fully saturated rings. The van der Waals surface area contributed by atoms with E-state index in [0.29, 0.717) is 0 Å². The zero-order chi connectivity index (χ0) is 13.8. The molecule has 98 valence electrons. The van der Waals surface area contributed by atoms with Crippen LogP contribution in [0.2, 0.25) is 0 Å². The van der Waals surface area contributed by atoms with E-state index in [1.165, 1.54) is 0 Å². The van der Waals surface area contributed by atoms with Crippen molar-refractivity contribution in [1.82, 2.24) is 0 Å². The minimum absolute atomic E-state index is 0.0696. The first kappa shape index (κ1) is 13.8. The van der Waals surface area contributed by atoms with Crippen LogP contribution in [-0.2, 0) is 4.79 Å². The number of carboxylic acids is 1. The topological polar surface area (TPSA) is 37.3 Å². The molecule has 2 aromatic rings. The van der Waals surface area contributed by atoms with Crippen LogP contribution >= 0.6 is 15.9 Å². The van der Waals surface area contributed by atoms with Gasteiger partial charge in [-0.3, -0.25) is 4.79 Å². The molecule has 2 aromatic carbocycles. The molecule has 0 heterocycles. The molecule has 0 bridgehead atoms. The number of hydrogen-bond acceptors (Lipinski definition) is 1. The van der Waals surface area contributed by atoms with Crippen molar-refractivity contribution in [2.45, 2.75) is 18.8 Å². The summed E-state index contributed by atoms with van der Waals surface area (Å²) in [6.07, 6.45) is 0. The van der Waals surface area contributed by atoms with Crippen LogP contribution in [-0.4, -0.2) is 11.1 Å². The van der Waals surface area contributed by atoms with Crippen molar-refractivity contribution in [2.75, 3.05) is 0 Å². The molecule has 0 aromatic heterocycles. The Balaban J connectivity index is 2.36. The first-order valence-electron chi connectivity index (χ1n) is 6.13. The van der Waals surface area contributed by atoms with Crippen molar-refractivity contribution in [1.29, 1.82) is 0 Å². The van der Waals surface area contributed by atoms with Crippen LogP contribution in [0.4, 0.5) is 0 Å². The Morgan fingerprint density at radius 2 is 1.58 bits per heavy atom. The third-order valence-corrected chi connectivity index (χ3v) is 3.85. The molecule has 1 N–H and O–H groups in total. The number of aliphatic carboxylic acids is 1. The lowest BCUT2D eigenvalue weighted by molar-refractivity contribution is -0.139. The molecule has 0 spiro atoms. The van der Waals surface area contributed by atoms with E-state index in [0.717, 1.165) is 15.6 Å². The second-order valence-electron chi connectivity index (χ2n) is 4.57. The van der Waals surface area contributed by atoms with Crippen molar-refractivity contribution in [3.05, 3.63) is 70.2 Å². The average molecular weight is 319 g/mol. The van der Waals surface area contributed by atoms with Crippen molar-refractivity contribution in [3.63, 3.8) is 0 Å². The van der Waals surface area contributed by atoms with Gasteiger partial charge in [0.05, 0.1) is 5.92 Å². The highest BCUT2D eigenvalue weighted by Gasteiger charge is 2.27. The van der Waals surface area contributed by atoms with Gasteiger partial charge in [0.15, 0.2) is 0 Å². The SMILES string of the molecule is CC(c1ccccc1)C(C(=O)O)c1ccc(Br)cc1. The zero-order valence-corrected chi connectivity index (χ0v) is 12.2. The van der Waals surface area contributed by atoms with Crippen LogP contribution in [0, 0.1) is 0 Å². The summed E-state index contributed by atoms with van der Waals surface area (Å²) < 4.78 is 0.952. The third kappa shape index (κ3) is 3.24. The van der Waals surface area contributed by atoms with Gasteiger partial charge in [-0.25, -0.2) is 0 Å². The lowest BCUT2D eigenvalue weighted by atomic mass is 9.83. The minimum atomic E-state index is -0.793. The molecule has 19 heavy (non-hydrogen) atoms. The number of carboxylic acid groups (broad SMARTS) is 1. The molecule has 0 aliphatic heterocycles. The van der Waals surface area contributed by atoms with Gasteiger partial charge in [0.25, 0.3) is 0 Å². The van der Waals surface area contributed by atoms with E-state index in [2.05, 4.69) is 15.9 Å². The largest absolute Gasteiger partial charge is 0.481 e. The molecule has 0 radical (unpaired) electrons. The maximum atomic E-state index is 11.6. The monoisotopic (exact) mass is 318 g/mol. The molecule has 3 heteroatoms. The van der Waals surface area contributed by atoms with Crippen LogP contribution in [0.3, 0.4) is 0 Å². The van der Waals surface area contributed by atoms with Gasteiger partial charge in [-0.2, -0.15) is 0 Å². The van der Waals surface area contributed by atoms with Crippen LogP contribution in [0.5, 0.6) is 0 Å². The van der Waals surface area contributed by atoms with Gasteiger partial charge >= 0.3 is 5.97 Å². The van der Waals surface area contributed by atoms with Crippen molar-refractivity contribution in [2.24, 2.45) is 0 Å². The summed E-state index contributed by atoms with van der Waals surface area (Å²) in [5.74, 6) is -1.39. The van der Waals surface area contributed by atoms with Gasteiger partial charge in [-0.05, 0) is 29.2 Å². The van der Waals surface area contributed by atoms with Crippen LogP contribution in [0.15, 0.2) is 59.1 Å². The molecule has 0 amide bonds. The predicted molar refractivity (Wildman–Crippen MR) is 79.4 cm³/mol. The highest BCUT2D eigenvalue weighted by Crippen LogP contribution is 2.33. The summed E-state index contributed by atoms with van der Waals surface area (Å²) >= 11 is 3.37. The van der Waals surface area contributed by atoms with E-state index in [4.69, 9.17) is 0 Å². The number of benzene rings is 2. The molecule has 2 rings (SSSR count). The van der Waals surface area contributed by atoms with Gasteiger partial charge < -0.3 is 5.11 Å². The summed E-state index contributed by atoms with van der Waals surface area (Å²) in [5, 5.41) is 9.52. The van der Waals surface area contributed by atoms with Crippen molar-refractivity contribution < 1.29 is 9.90 Å². The fourth-order valence-corrected chi connectivity index (χ4v) is 2.53. The van der Waals surface area contributed by atoms with E-state index < -0.39 is 11.9 Å². The smallest absolute Gasteiger partial charge is 0.311 e. The fourth-order valence-electron chi connectivity index (χ4n) is 2.26. The van der Waals surface area contributed by atoms with E-state index in [9.17, 15) is 9.90 Å². The first-order chi connectivity index (χ1) is 9.09. The van der Waals surface area contributed by atoms with E-state index >= 15 is 0 Å². The first-order valence-corrected chi connectivity index (χ1v) is 6.92. The lowest BCUT2D eigenvalue weighted by Gasteiger charge is -2.21. The van der Waals surface area contributed by atoms with Crippen molar-refractivity contribution >= 4 is 21.9 Å². The van der Waals surface area contributed by atoms with Crippen molar-refractivity contribution in [3.8, 4) is 0 Å². The second-order valence-corrected chi connectivity index (χ2v) is 5.48. The molecule has 0 aliphatic rings. The highest BCUT2D eigenvalue weighted by atomic mass is 79.9. The minimum Gasteiger partial charge on any atom is -0.481 e. The number of carbonyl (C=O) groups is 1. The van der Waals surface area contributed by atoms with Gasteiger partial charge in [0, 0.05) is 4.47 Å². The van der Waals surface area contributed by atoms with Crippen LogP contribution in [0.1, 0.15) is 29.9 Å². The second kappa shape index (κ2) is 6.02. The maximum absolute atomic E-state index is 11.6. The molecular weight excluding hydrogens is 304 g/mol. The Morgan fingerprint density at radius 3 is 2.11 bits per heavy atom. The third-order valence-electron chi connectivity index (χ3n) is 3.32. The zero-order valence-electron chi connectivity index (χ0n) is 10.6. The summed E-state index contributed by atoms with van der Waals surface area (Å²) in [7, 11) is 0. The Morgan fingerprint density at radius 1 is 1.00 bits per heavy atom. The number of rotatable bonds is 4. The molecule has 2 unspecified atom stereocenters. The number of halogens is 1. The summed E-state index contributed by atoms with van der Waals surface area (Å²) in [5.41, 5.74) is 1.87. The molecule has 2 nitrogen and oxygen atoms in total. The molecular formula is C16H15BrO2. The Kier molecular flexibility index (Phi) is 4.38. The summed E-state index contributed by atoms with van der Waals surface area (Å²) in [6.45, 7) is 1.95. The maximum Gasteiger partial charge on any atom is 0.311 e. The van der Waals surface area contributed by atoms with E-state index in [1.807, 2.05) is 61.5 Å². The predicted octanol–water partition coefficient (Wildman–Crippen LogP) is 4.42. The molecule has 2 atom stereocenters. The molecule has 0 saturated heterocycles. The standard InChI is InChI=1S/C16H15BrO2/c1-11(12-5-3-2-4-6-12)15(16(18)19)13-7-9-14(17)10-8-13/h2-11,15H,1H3,(H,18,19). The van der Waals surface area contributed by atoms with E-state index in [1.54, 1.807) is 0 Å². The van der Waals surface area contributed by atoms with Crippen LogP contribution in [0.25, 0.3) is 0 Å².